The van der Waals surface area contributed by atoms with Crippen LogP contribution in [0.4, 0.5) is 0 Å². The molecule has 0 amide bonds. The molecule has 1 aromatic heterocycles. The Morgan fingerprint density at radius 2 is 1.62 bits per heavy atom. The predicted octanol–water partition coefficient (Wildman–Crippen LogP) is 4.89. The zero-order valence-electron chi connectivity index (χ0n) is 23.9. The minimum absolute atomic E-state index is 0.0119. The van der Waals surface area contributed by atoms with E-state index in [0.29, 0.717) is 31.0 Å². The molecule has 0 bridgehead atoms. The number of nitrogens with zero attached hydrogens (tertiary/aromatic N) is 2. The summed E-state index contributed by atoms with van der Waals surface area (Å²) in [6.45, 7) is 4.30. The first-order valence-electron chi connectivity index (χ1n) is 14.3. The number of hydrogen-bond acceptors (Lipinski definition) is 7. The number of thiol groups is 1. The fourth-order valence-electron chi connectivity index (χ4n) is 5.34. The molecule has 1 atom stereocenters. The van der Waals surface area contributed by atoms with Crippen LogP contribution in [0.1, 0.15) is 42.1 Å². The van der Waals surface area contributed by atoms with Gasteiger partial charge in [-0.2, -0.15) is 0 Å². The van der Waals surface area contributed by atoms with Gasteiger partial charge < -0.3 is 14.4 Å². The number of rotatable bonds is 13. The number of benzene rings is 3. The van der Waals surface area contributed by atoms with Crippen molar-refractivity contribution in [2.45, 2.75) is 51.0 Å². The van der Waals surface area contributed by atoms with Crippen LogP contribution in [0.3, 0.4) is 0 Å². The average Bonchev–Trinajstić information content (AvgIpc) is 3.74. The van der Waals surface area contributed by atoms with Crippen molar-refractivity contribution in [1.82, 2.24) is 9.46 Å². The van der Waals surface area contributed by atoms with Gasteiger partial charge in [0.05, 0.1) is 23.8 Å². The van der Waals surface area contributed by atoms with Gasteiger partial charge in [-0.15, -0.1) is 0 Å². The van der Waals surface area contributed by atoms with Crippen molar-refractivity contribution < 1.29 is 27.6 Å². The van der Waals surface area contributed by atoms with Crippen LogP contribution in [0.25, 0.3) is 22.5 Å². The lowest BCUT2D eigenvalue weighted by atomic mass is 9.93. The Kier molecular flexibility index (Phi) is 9.21. The molecule has 0 radical (unpaired) electrons. The number of carbonyl (C=O) groups excluding carboxylic acids is 1. The lowest BCUT2D eigenvalue weighted by molar-refractivity contribution is -0.146. The van der Waals surface area contributed by atoms with Crippen molar-refractivity contribution in [3.63, 3.8) is 0 Å². The third-order valence-electron chi connectivity index (χ3n) is 7.91. The van der Waals surface area contributed by atoms with Gasteiger partial charge in [-0.1, -0.05) is 84.0 Å². The number of aliphatic hydroxyl groups excluding tert-OH is 1. The van der Waals surface area contributed by atoms with E-state index >= 15 is 0 Å². The van der Waals surface area contributed by atoms with E-state index in [-0.39, 0.29) is 18.9 Å². The second kappa shape index (κ2) is 13.0. The molecule has 9 heteroatoms. The third kappa shape index (κ3) is 6.64. The van der Waals surface area contributed by atoms with Gasteiger partial charge in [0, 0.05) is 30.6 Å². The number of carbonyl (C=O) groups is 1. The molecule has 5 rings (SSSR count). The lowest BCUT2D eigenvalue weighted by Crippen LogP contribution is -2.34. The Morgan fingerprint density at radius 3 is 2.21 bits per heavy atom. The SMILES string of the molecule is CCOC(=O)C1(c2ccc(-c3ccc(-c4onc(C)c4CC(O)CN(CCc4ccccc4)[SH](=O)=O)cc3)cc2)CC1. The van der Waals surface area contributed by atoms with Gasteiger partial charge >= 0.3 is 5.97 Å². The number of aryl methyl sites for hydroxylation is 1. The standard InChI is InChI=1S/C33H36N2O6S/c1-3-40-32(37)33(18-19-33)28-15-13-26(14-16-28)25-9-11-27(12-10-25)31-30(23(2)34-41-31)21-29(36)22-35(42(38)39)20-17-24-7-5-4-6-8-24/h4-16,29,36,42H,3,17-22H2,1-2H3. The molecule has 42 heavy (non-hydrogen) atoms. The Bertz CT molecular complexity index is 1570. The number of esters is 1. The van der Waals surface area contributed by atoms with Crippen LogP contribution in [0.15, 0.2) is 83.4 Å². The summed E-state index contributed by atoms with van der Waals surface area (Å²) in [5, 5.41) is 15.0. The molecule has 1 unspecified atom stereocenters. The van der Waals surface area contributed by atoms with Crippen LogP contribution in [0, 0.1) is 6.92 Å². The van der Waals surface area contributed by atoms with Gasteiger partial charge in [0.1, 0.15) is 0 Å². The molecule has 1 heterocycles. The molecule has 0 spiro atoms. The molecule has 1 aliphatic rings. The largest absolute Gasteiger partial charge is 0.465 e. The summed E-state index contributed by atoms with van der Waals surface area (Å²) in [4.78, 5) is 12.4. The molecule has 1 saturated carbocycles. The highest BCUT2D eigenvalue weighted by atomic mass is 32.2. The Balaban J connectivity index is 1.25. The molecule has 4 aromatic rings. The highest BCUT2D eigenvalue weighted by Crippen LogP contribution is 2.49. The van der Waals surface area contributed by atoms with Gasteiger partial charge in [-0.3, -0.25) is 4.79 Å². The molecule has 3 aromatic carbocycles. The Labute approximate surface area is 248 Å². The third-order valence-corrected chi connectivity index (χ3v) is 8.74. The highest BCUT2D eigenvalue weighted by Gasteiger charge is 2.52. The predicted molar refractivity (Wildman–Crippen MR) is 161 cm³/mol. The molecule has 1 fully saturated rings. The van der Waals surface area contributed by atoms with E-state index in [4.69, 9.17) is 9.26 Å². The number of aliphatic hydroxyl groups is 1. The Morgan fingerprint density at radius 1 is 1.00 bits per heavy atom. The molecule has 8 nitrogen and oxygen atoms in total. The smallest absolute Gasteiger partial charge is 0.316 e. The fourth-order valence-corrected chi connectivity index (χ4v) is 5.93. The number of aromatic nitrogens is 1. The maximum Gasteiger partial charge on any atom is 0.316 e. The summed E-state index contributed by atoms with van der Waals surface area (Å²) >= 11 is 0. The first-order valence-corrected chi connectivity index (χ1v) is 15.4. The van der Waals surface area contributed by atoms with E-state index in [9.17, 15) is 18.3 Å². The van der Waals surface area contributed by atoms with E-state index in [0.717, 1.165) is 46.2 Å². The number of ether oxygens (including phenoxy) is 1. The van der Waals surface area contributed by atoms with Gasteiger partial charge in [0.2, 0.25) is 10.9 Å². The van der Waals surface area contributed by atoms with Crippen LogP contribution >= 0.6 is 0 Å². The van der Waals surface area contributed by atoms with Crippen molar-refractivity contribution in [2.75, 3.05) is 19.7 Å². The van der Waals surface area contributed by atoms with E-state index in [1.54, 1.807) is 0 Å². The topological polar surface area (TPSA) is 110 Å². The van der Waals surface area contributed by atoms with Gasteiger partial charge in [-0.05, 0) is 55.4 Å². The molecular weight excluding hydrogens is 552 g/mol. The lowest BCUT2D eigenvalue weighted by Gasteiger charge is -2.19. The fraction of sp³-hybridized carbons (Fsp3) is 0.333. The molecule has 1 aliphatic carbocycles. The summed E-state index contributed by atoms with van der Waals surface area (Å²) in [5.41, 5.74) is 5.78. The van der Waals surface area contributed by atoms with E-state index in [2.05, 4.69) is 5.16 Å². The number of hydrogen-bond donors (Lipinski definition) is 2. The second-order valence-electron chi connectivity index (χ2n) is 10.8. The summed E-state index contributed by atoms with van der Waals surface area (Å²) in [6, 6.07) is 25.6. The molecular formula is C33H36N2O6S. The monoisotopic (exact) mass is 588 g/mol. The van der Waals surface area contributed by atoms with Crippen LogP contribution in [0.5, 0.6) is 0 Å². The first kappa shape index (κ1) is 29.7. The van der Waals surface area contributed by atoms with Crippen molar-refractivity contribution in [3.8, 4) is 22.5 Å². The minimum Gasteiger partial charge on any atom is -0.465 e. The Hall–Kier alpha value is -3.79. The van der Waals surface area contributed by atoms with Crippen molar-refractivity contribution in [2.24, 2.45) is 0 Å². The van der Waals surface area contributed by atoms with Gasteiger partial charge in [-0.25, -0.2) is 12.7 Å². The zero-order valence-corrected chi connectivity index (χ0v) is 24.8. The van der Waals surface area contributed by atoms with E-state index < -0.39 is 22.4 Å². The van der Waals surface area contributed by atoms with Crippen LogP contribution in [-0.2, 0) is 38.7 Å². The summed E-state index contributed by atoms with van der Waals surface area (Å²) in [5.74, 6) is 0.410. The van der Waals surface area contributed by atoms with Crippen LogP contribution < -0.4 is 0 Å². The van der Waals surface area contributed by atoms with Crippen molar-refractivity contribution in [3.05, 3.63) is 101 Å². The first-order chi connectivity index (χ1) is 20.3. The molecule has 0 aliphatic heterocycles. The quantitative estimate of drug-likeness (QED) is 0.169. The zero-order chi connectivity index (χ0) is 29.7. The maximum absolute atomic E-state index is 12.4. The van der Waals surface area contributed by atoms with Crippen molar-refractivity contribution >= 4 is 16.9 Å². The van der Waals surface area contributed by atoms with Gasteiger partial charge in [0.25, 0.3) is 0 Å². The van der Waals surface area contributed by atoms with E-state index in [1.165, 1.54) is 4.31 Å². The average molecular weight is 589 g/mol. The van der Waals surface area contributed by atoms with Crippen LogP contribution in [0.2, 0.25) is 0 Å². The highest BCUT2D eigenvalue weighted by molar-refractivity contribution is 7.69. The van der Waals surface area contributed by atoms with Crippen LogP contribution in [-0.4, -0.2) is 54.8 Å². The molecule has 220 valence electrons. The maximum atomic E-state index is 12.4. The minimum atomic E-state index is -2.84. The van der Waals surface area contributed by atoms with Gasteiger partial charge in [0.15, 0.2) is 5.76 Å². The molecule has 1 N–H and O–H groups in total. The van der Waals surface area contributed by atoms with E-state index in [1.807, 2.05) is 92.7 Å². The normalized spacial score (nSPS) is 14.7. The summed E-state index contributed by atoms with van der Waals surface area (Å²) < 4.78 is 36.0. The van der Waals surface area contributed by atoms with Crippen molar-refractivity contribution in [1.29, 1.82) is 0 Å². The second-order valence-corrected chi connectivity index (χ2v) is 11.8. The summed E-state index contributed by atoms with van der Waals surface area (Å²) in [6.07, 6.45) is 1.48. The molecule has 0 saturated heterocycles. The summed E-state index contributed by atoms with van der Waals surface area (Å²) in [7, 11) is -2.84.